The number of aromatic hydroxyl groups is 2. The van der Waals surface area contributed by atoms with Crippen molar-refractivity contribution in [2.45, 2.75) is 70.1 Å². The molecule has 2 spiro atoms. The second-order valence-electron chi connectivity index (χ2n) is 18.8. The lowest BCUT2D eigenvalue weighted by Crippen LogP contribution is -2.58. The van der Waals surface area contributed by atoms with Crippen LogP contribution >= 0.6 is 23.5 Å². The van der Waals surface area contributed by atoms with Crippen LogP contribution in [0.1, 0.15) is 92.1 Å². The van der Waals surface area contributed by atoms with Gasteiger partial charge in [-0.3, -0.25) is 38.5 Å². The van der Waals surface area contributed by atoms with Crippen LogP contribution in [0.5, 0.6) is 23.0 Å². The molecule has 0 unspecified atom stereocenters. The number of carbonyl (C=O) groups excluding carboxylic acids is 2. The van der Waals surface area contributed by atoms with Gasteiger partial charge in [0.25, 0.3) is 11.8 Å². The van der Waals surface area contributed by atoms with E-state index in [9.17, 15) is 29.4 Å². The first kappa shape index (κ1) is 42.8. The summed E-state index contributed by atoms with van der Waals surface area (Å²) in [6.07, 6.45) is 14.6. The van der Waals surface area contributed by atoms with Crippen molar-refractivity contribution in [2.24, 2.45) is 0 Å². The number of thioether (sulfide) groups is 2. The number of hydrogen-bond acceptors (Lipinski definition) is 12. The van der Waals surface area contributed by atoms with E-state index in [1.165, 1.54) is 12.1 Å². The number of nitrogens with zero attached hydrogens (tertiary/aromatic N) is 6. The zero-order valence-electron chi connectivity index (χ0n) is 37.8. The van der Waals surface area contributed by atoms with Gasteiger partial charge in [-0.05, 0) is 84.4 Å². The topological polar surface area (TPSA) is 150 Å². The van der Waals surface area contributed by atoms with Crippen LogP contribution in [0.3, 0.4) is 0 Å². The zero-order valence-corrected chi connectivity index (χ0v) is 39.4. The third-order valence-electron chi connectivity index (χ3n) is 14.9. The molecule has 8 aliphatic rings. The van der Waals surface area contributed by atoms with E-state index >= 15 is 0 Å². The standard InChI is InChI=1S/2C27H23N3O4S/c2*31-19-9-13-29-24(25(19)32)26(33)28-16-30(29)23-18-6-1-2-8-21(18)35-15-17-5-3-7-20(22(17)23)34-14-4-10-27(28)11-12-27/h2*1-10,13,23,32H,11-12,14-16H2/b2*10-4+/t2*23-/m10/s1. The molecule has 0 radical (unpaired) electrons. The van der Waals surface area contributed by atoms with Crippen LogP contribution in [0.2, 0.25) is 0 Å². The van der Waals surface area contributed by atoms with Crippen molar-refractivity contribution >= 4 is 35.3 Å². The minimum Gasteiger partial charge on any atom is -0.502 e. The fraction of sp³-hybridized carbons (Fsp3) is 0.259. The summed E-state index contributed by atoms with van der Waals surface area (Å²) in [5.41, 5.74) is 4.63. The Morgan fingerprint density at radius 2 is 0.957 bits per heavy atom. The lowest BCUT2D eigenvalue weighted by Gasteiger charge is -2.46. The van der Waals surface area contributed by atoms with Crippen LogP contribution in [-0.2, 0) is 11.5 Å². The molecule has 2 amide bonds. The predicted molar refractivity (Wildman–Crippen MR) is 265 cm³/mol. The van der Waals surface area contributed by atoms with Crippen LogP contribution in [-0.4, -0.2) is 78.8 Å². The second kappa shape index (κ2) is 16.1. The molecule has 4 aromatic carbocycles. The summed E-state index contributed by atoms with van der Waals surface area (Å²) in [7, 11) is 0. The molecule has 2 saturated carbocycles. The molecule has 6 aromatic rings. The van der Waals surface area contributed by atoms with Crippen LogP contribution in [0.25, 0.3) is 0 Å². The van der Waals surface area contributed by atoms with Crippen LogP contribution < -0.4 is 30.3 Å². The SMILES string of the molecule is O=C1c2c(O)c(=O)ccn2N2CN1C1(/C=C/COc3cccc4c3[C@@H]2c2ccccc2SC4)CC1.O=C1c2c(O)c(=O)ccn2N2CN1C1(/C=C/COc3cccc4c3[C@H]2c2ccccc2SC4)CC1. The van der Waals surface area contributed by atoms with Gasteiger partial charge < -0.3 is 29.5 Å². The van der Waals surface area contributed by atoms with E-state index in [1.807, 2.05) is 70.5 Å². The van der Waals surface area contributed by atoms with Crippen molar-refractivity contribution in [1.82, 2.24) is 19.2 Å². The summed E-state index contributed by atoms with van der Waals surface area (Å²) in [5, 5.41) is 25.8. The largest absolute Gasteiger partial charge is 0.502 e. The third kappa shape index (κ3) is 6.63. The first-order valence-electron chi connectivity index (χ1n) is 23.5. The number of benzene rings is 4. The first-order chi connectivity index (χ1) is 34.1. The fourth-order valence-corrected chi connectivity index (χ4v) is 13.3. The number of carbonyl (C=O) groups is 2. The Bertz CT molecular complexity index is 3170. The van der Waals surface area contributed by atoms with E-state index < -0.39 is 33.4 Å². The molecule has 2 atom stereocenters. The molecule has 8 heterocycles. The lowest BCUT2D eigenvalue weighted by molar-refractivity contribution is 0.0597. The number of pyridine rings is 2. The number of ether oxygens (including phenoxy) is 2. The molecule has 2 aliphatic carbocycles. The molecule has 14 rings (SSSR count). The Morgan fingerprint density at radius 1 is 0.529 bits per heavy atom. The van der Waals surface area contributed by atoms with Gasteiger partial charge in [0, 0.05) is 56.9 Å². The molecule has 2 aromatic heterocycles. The van der Waals surface area contributed by atoms with Gasteiger partial charge >= 0.3 is 0 Å². The molecule has 6 aliphatic heterocycles. The van der Waals surface area contributed by atoms with Crippen molar-refractivity contribution in [2.75, 3.05) is 36.6 Å². The summed E-state index contributed by atoms with van der Waals surface area (Å²) < 4.78 is 16.0. The molecule has 2 N–H and O–H groups in total. The first-order valence-corrected chi connectivity index (χ1v) is 25.5. The highest BCUT2D eigenvalue weighted by molar-refractivity contribution is 7.98. The number of aromatic nitrogens is 2. The molecular weight excluding hydrogens is 925 g/mol. The molecule has 4 bridgehead atoms. The Hall–Kier alpha value is -7.30. The minimum absolute atomic E-state index is 0.0111. The van der Waals surface area contributed by atoms with Gasteiger partial charge in [0.15, 0.2) is 22.9 Å². The Balaban J connectivity index is 0.000000137. The highest BCUT2D eigenvalue weighted by Crippen LogP contribution is 2.52. The van der Waals surface area contributed by atoms with Gasteiger partial charge in [0.05, 0.1) is 11.1 Å². The smallest absolute Gasteiger partial charge is 0.278 e. The maximum atomic E-state index is 13.8. The maximum absolute atomic E-state index is 13.8. The van der Waals surface area contributed by atoms with Gasteiger partial charge in [-0.25, -0.2) is 0 Å². The summed E-state index contributed by atoms with van der Waals surface area (Å²) in [6.45, 7) is 1.43. The summed E-state index contributed by atoms with van der Waals surface area (Å²) in [5.74, 6) is 1.50. The van der Waals surface area contributed by atoms with Crippen molar-refractivity contribution in [1.29, 1.82) is 0 Å². The number of amides is 2. The Morgan fingerprint density at radius 3 is 1.39 bits per heavy atom. The zero-order chi connectivity index (χ0) is 47.5. The van der Waals surface area contributed by atoms with Crippen LogP contribution in [0.15, 0.2) is 153 Å². The van der Waals surface area contributed by atoms with E-state index in [0.29, 0.717) is 26.6 Å². The van der Waals surface area contributed by atoms with Crippen molar-refractivity contribution in [3.8, 4) is 23.0 Å². The summed E-state index contributed by atoms with van der Waals surface area (Å²) >= 11 is 3.56. The molecule has 70 heavy (non-hydrogen) atoms. The summed E-state index contributed by atoms with van der Waals surface area (Å²) in [6, 6.07) is 31.0. The van der Waals surface area contributed by atoms with E-state index in [2.05, 4.69) is 58.6 Å². The molecule has 352 valence electrons. The van der Waals surface area contributed by atoms with Gasteiger partial charge in [-0.1, -0.05) is 72.8 Å². The Labute approximate surface area is 410 Å². The third-order valence-corrected chi connectivity index (χ3v) is 17.2. The number of rotatable bonds is 0. The van der Waals surface area contributed by atoms with E-state index in [1.54, 1.807) is 45.3 Å². The van der Waals surface area contributed by atoms with Crippen molar-refractivity contribution < 1.29 is 29.3 Å². The molecule has 14 nitrogen and oxygen atoms in total. The monoisotopic (exact) mass is 970 g/mol. The molecule has 2 fully saturated rings. The molecular formula is C54H46N6O8S2. The highest BCUT2D eigenvalue weighted by Gasteiger charge is 2.54. The molecule has 0 saturated heterocycles. The maximum Gasteiger partial charge on any atom is 0.278 e. The number of hydrogen-bond donors (Lipinski definition) is 2. The Kier molecular flexibility index (Phi) is 9.86. The van der Waals surface area contributed by atoms with E-state index in [0.717, 1.165) is 91.9 Å². The van der Waals surface area contributed by atoms with Gasteiger partial charge in [0.1, 0.15) is 50.1 Å². The van der Waals surface area contributed by atoms with Crippen LogP contribution in [0.4, 0.5) is 0 Å². The summed E-state index contributed by atoms with van der Waals surface area (Å²) in [4.78, 5) is 58.3. The number of fused-ring (bicyclic) bond motifs is 16. The second-order valence-corrected chi connectivity index (χ2v) is 20.9. The molecule has 16 heteroatoms. The van der Waals surface area contributed by atoms with Gasteiger partial charge in [-0.15, -0.1) is 23.5 Å². The van der Waals surface area contributed by atoms with Gasteiger partial charge in [0.2, 0.25) is 10.9 Å². The van der Waals surface area contributed by atoms with Gasteiger partial charge in [-0.2, -0.15) is 0 Å². The average molecular weight is 971 g/mol. The minimum atomic E-state index is -0.558. The van der Waals surface area contributed by atoms with E-state index in [-0.39, 0.29) is 35.3 Å². The quantitative estimate of drug-likeness (QED) is 0.145. The van der Waals surface area contributed by atoms with E-state index in [4.69, 9.17) is 9.47 Å². The average Bonchev–Trinajstić information content (AvgIpc) is 4.32. The lowest BCUT2D eigenvalue weighted by atomic mass is 9.93. The normalized spacial score (nSPS) is 22.2. The predicted octanol–water partition coefficient (Wildman–Crippen LogP) is 7.56. The van der Waals surface area contributed by atoms with Crippen LogP contribution in [0, 0.1) is 0 Å². The van der Waals surface area contributed by atoms with Crippen molar-refractivity contribution in [3.63, 3.8) is 0 Å². The fourth-order valence-electron chi connectivity index (χ4n) is 11.1. The van der Waals surface area contributed by atoms with Crippen molar-refractivity contribution in [3.05, 3.63) is 199 Å². The highest BCUT2D eigenvalue weighted by atomic mass is 32.2.